The number of fused-ring (bicyclic) bond motifs is 1. The van der Waals surface area contributed by atoms with Gasteiger partial charge in [0.05, 0.1) is 25.5 Å². The van der Waals surface area contributed by atoms with Crippen LogP contribution in [0.15, 0.2) is 18.3 Å². The van der Waals surface area contributed by atoms with Gasteiger partial charge in [0, 0.05) is 43.9 Å². The second-order valence-electron chi connectivity index (χ2n) is 8.14. The number of aromatic nitrogens is 3. The first-order chi connectivity index (χ1) is 17.9. The van der Waals surface area contributed by atoms with Crippen LogP contribution in [0.4, 0.5) is 20.5 Å². The molecule has 1 saturated heterocycles. The molecule has 0 amide bonds. The number of methoxy groups -OCH3 is 2. The van der Waals surface area contributed by atoms with Crippen LogP contribution < -0.4 is 20.1 Å². The maximum atomic E-state index is 15.1. The van der Waals surface area contributed by atoms with Gasteiger partial charge in [-0.25, -0.2) is 23.7 Å². The Bertz CT molecular complexity index is 1130. The molecule has 1 atom stereocenters. The minimum atomic E-state index is -0.855. The molecule has 0 spiro atoms. The molecule has 0 saturated carbocycles. The van der Waals surface area contributed by atoms with Gasteiger partial charge in [0.15, 0.2) is 29.0 Å². The summed E-state index contributed by atoms with van der Waals surface area (Å²) in [6, 6.07) is 2.87. The third-order valence-corrected chi connectivity index (χ3v) is 5.58. The van der Waals surface area contributed by atoms with E-state index >= 15 is 8.78 Å². The van der Waals surface area contributed by atoms with Crippen molar-refractivity contribution in [1.29, 1.82) is 0 Å². The van der Waals surface area contributed by atoms with Crippen molar-refractivity contribution < 1.29 is 23.4 Å². The zero-order valence-corrected chi connectivity index (χ0v) is 22.7. The topological polar surface area (TPSA) is 105 Å². The third-order valence-electron chi connectivity index (χ3n) is 5.58. The first-order valence-corrected chi connectivity index (χ1v) is 12.4. The standard InChI is InChI=1S/C21H24F2N6O2.C3H8O.C2H6/c1-24-21-25-9-11-7-13(16-17(22)14(30-3)8-15(31-4)18(16)23)27-20(19(11)28-21)26-12-5-6-29(2)10-12;1-2-3-4;1-2/h7-9,12H,5-6,10H2,1-4H3,(H,26,27)(H,24,25,28);4H,2-3H2,1H3;1-2H3. The van der Waals surface area contributed by atoms with Gasteiger partial charge in [-0.2, -0.15) is 0 Å². The Hall–Kier alpha value is -3.31. The maximum Gasteiger partial charge on any atom is 0.223 e. The normalized spacial score (nSPS) is 14.8. The molecule has 0 radical (unpaired) electrons. The van der Waals surface area contributed by atoms with Crippen LogP contribution in [0.25, 0.3) is 22.2 Å². The molecule has 4 rings (SSSR count). The fraction of sp³-hybridized carbons (Fsp3) is 0.500. The Morgan fingerprint density at radius 2 is 1.73 bits per heavy atom. The molecule has 2 aromatic heterocycles. The monoisotopic (exact) mass is 520 g/mol. The van der Waals surface area contributed by atoms with Gasteiger partial charge in [0.1, 0.15) is 5.52 Å². The molecule has 204 valence electrons. The molecule has 1 fully saturated rings. The molecule has 9 nitrogen and oxygen atoms in total. The summed E-state index contributed by atoms with van der Waals surface area (Å²) in [7, 11) is 6.38. The van der Waals surface area contributed by atoms with E-state index in [2.05, 4.69) is 30.5 Å². The molecule has 1 aliphatic heterocycles. The molecular weight excluding hydrogens is 482 g/mol. The SMILES string of the molecule is CC.CCCO.CNc1ncc2cc(-c3c(F)c(OC)cc(OC)c3F)nc(NC3CCN(C)C3)c2n1. The number of aliphatic hydroxyl groups excluding tert-OH is 1. The first-order valence-electron chi connectivity index (χ1n) is 12.4. The third kappa shape index (κ3) is 7.14. The van der Waals surface area contributed by atoms with Crippen LogP contribution in [0.5, 0.6) is 11.5 Å². The molecule has 3 aromatic rings. The van der Waals surface area contributed by atoms with Crippen LogP contribution in [0.1, 0.15) is 33.6 Å². The molecule has 1 unspecified atom stereocenters. The fourth-order valence-electron chi connectivity index (χ4n) is 3.75. The summed E-state index contributed by atoms with van der Waals surface area (Å²) in [5.74, 6) is -1.12. The highest BCUT2D eigenvalue weighted by molar-refractivity contribution is 5.92. The number of likely N-dealkylation sites (N-methyl/N-ethyl adjacent to an activating group) is 1. The number of likely N-dealkylation sites (tertiary alicyclic amines) is 1. The van der Waals surface area contributed by atoms with E-state index in [0.29, 0.717) is 29.3 Å². The molecular formula is C26H38F2N6O3. The van der Waals surface area contributed by atoms with Gasteiger partial charge in [-0.1, -0.05) is 20.8 Å². The average Bonchev–Trinajstić information content (AvgIpc) is 3.34. The number of ether oxygens (including phenoxy) is 2. The van der Waals surface area contributed by atoms with Gasteiger partial charge in [-0.05, 0) is 32.5 Å². The zero-order chi connectivity index (χ0) is 27.5. The van der Waals surface area contributed by atoms with E-state index in [1.165, 1.54) is 20.3 Å². The number of anilines is 2. The number of hydrogen-bond donors (Lipinski definition) is 3. The van der Waals surface area contributed by atoms with Gasteiger partial charge in [0.2, 0.25) is 5.95 Å². The Morgan fingerprint density at radius 1 is 1.11 bits per heavy atom. The lowest BCUT2D eigenvalue weighted by molar-refractivity contribution is 0.295. The summed E-state index contributed by atoms with van der Waals surface area (Å²) in [6.07, 6.45) is 3.39. The predicted molar refractivity (Wildman–Crippen MR) is 144 cm³/mol. The van der Waals surface area contributed by atoms with Gasteiger partial charge < -0.3 is 30.1 Å². The van der Waals surface area contributed by atoms with Crippen LogP contribution in [-0.4, -0.2) is 79.0 Å². The second-order valence-corrected chi connectivity index (χ2v) is 8.14. The molecule has 0 aliphatic carbocycles. The van der Waals surface area contributed by atoms with E-state index in [4.69, 9.17) is 14.6 Å². The summed E-state index contributed by atoms with van der Waals surface area (Å²) in [6.45, 7) is 8.02. The number of benzene rings is 1. The van der Waals surface area contributed by atoms with Crippen LogP contribution in [0.2, 0.25) is 0 Å². The highest BCUT2D eigenvalue weighted by Gasteiger charge is 2.25. The van der Waals surface area contributed by atoms with E-state index in [1.807, 2.05) is 27.8 Å². The summed E-state index contributed by atoms with van der Waals surface area (Å²) in [4.78, 5) is 15.5. The lowest BCUT2D eigenvalue weighted by Gasteiger charge is -2.17. The number of aliphatic hydroxyl groups is 1. The van der Waals surface area contributed by atoms with Crippen LogP contribution in [0, 0.1) is 11.6 Å². The van der Waals surface area contributed by atoms with E-state index in [-0.39, 0.29) is 28.8 Å². The maximum absolute atomic E-state index is 15.1. The largest absolute Gasteiger partial charge is 0.494 e. The van der Waals surface area contributed by atoms with Gasteiger partial charge >= 0.3 is 0 Å². The second kappa shape index (κ2) is 14.4. The van der Waals surface area contributed by atoms with Crippen molar-refractivity contribution in [2.75, 3.05) is 58.6 Å². The summed E-state index contributed by atoms with van der Waals surface area (Å²) < 4.78 is 40.4. The highest BCUT2D eigenvalue weighted by atomic mass is 19.1. The predicted octanol–water partition coefficient (Wildman–Crippen LogP) is 4.56. The molecule has 1 aliphatic rings. The summed E-state index contributed by atoms with van der Waals surface area (Å²) in [5, 5.41) is 14.8. The van der Waals surface area contributed by atoms with Crippen molar-refractivity contribution in [3.8, 4) is 22.8 Å². The molecule has 0 bridgehead atoms. The van der Waals surface area contributed by atoms with Gasteiger partial charge in [0.25, 0.3) is 0 Å². The van der Waals surface area contributed by atoms with Gasteiger partial charge in [-0.15, -0.1) is 0 Å². The van der Waals surface area contributed by atoms with E-state index < -0.39 is 11.6 Å². The van der Waals surface area contributed by atoms with Crippen LogP contribution in [0.3, 0.4) is 0 Å². The average molecular weight is 521 g/mol. The number of nitrogens with one attached hydrogen (secondary N) is 2. The quantitative estimate of drug-likeness (QED) is 0.413. The van der Waals surface area contributed by atoms with Crippen molar-refractivity contribution in [3.05, 3.63) is 30.0 Å². The number of hydrogen-bond acceptors (Lipinski definition) is 9. The zero-order valence-electron chi connectivity index (χ0n) is 22.7. The summed E-state index contributed by atoms with van der Waals surface area (Å²) >= 11 is 0. The lowest BCUT2D eigenvalue weighted by atomic mass is 10.1. The first kappa shape index (κ1) is 29.9. The van der Waals surface area contributed by atoms with E-state index in [0.717, 1.165) is 25.9 Å². The Balaban J connectivity index is 0.000000733. The molecule has 1 aromatic carbocycles. The molecule has 3 heterocycles. The highest BCUT2D eigenvalue weighted by Crippen LogP contribution is 2.38. The Morgan fingerprint density at radius 3 is 2.22 bits per heavy atom. The smallest absolute Gasteiger partial charge is 0.223 e. The number of pyridine rings is 1. The Kier molecular flexibility index (Phi) is 11.7. The van der Waals surface area contributed by atoms with Gasteiger partial charge in [-0.3, -0.25) is 0 Å². The minimum absolute atomic E-state index is 0.0920. The van der Waals surface area contributed by atoms with Crippen molar-refractivity contribution in [2.45, 2.75) is 39.7 Å². The summed E-state index contributed by atoms with van der Waals surface area (Å²) in [5.41, 5.74) is 0.324. The molecule has 3 N–H and O–H groups in total. The number of nitrogens with zero attached hydrogens (tertiary/aromatic N) is 4. The van der Waals surface area contributed by atoms with E-state index in [1.54, 1.807) is 19.3 Å². The molecule has 37 heavy (non-hydrogen) atoms. The number of rotatable bonds is 7. The van der Waals surface area contributed by atoms with Crippen LogP contribution >= 0.6 is 0 Å². The van der Waals surface area contributed by atoms with Crippen molar-refractivity contribution in [1.82, 2.24) is 19.9 Å². The Labute approximate surface area is 217 Å². The minimum Gasteiger partial charge on any atom is -0.494 e. The van der Waals surface area contributed by atoms with E-state index in [9.17, 15) is 0 Å². The fourth-order valence-corrected chi connectivity index (χ4v) is 3.75. The van der Waals surface area contributed by atoms with Crippen molar-refractivity contribution >= 4 is 22.7 Å². The number of halogens is 2. The van der Waals surface area contributed by atoms with Crippen molar-refractivity contribution in [2.24, 2.45) is 0 Å². The van der Waals surface area contributed by atoms with Crippen LogP contribution in [-0.2, 0) is 0 Å². The van der Waals surface area contributed by atoms with Crippen molar-refractivity contribution in [3.63, 3.8) is 0 Å². The molecule has 11 heteroatoms. The lowest BCUT2D eigenvalue weighted by Crippen LogP contribution is -2.24.